The predicted octanol–water partition coefficient (Wildman–Crippen LogP) is 2.71. The summed E-state index contributed by atoms with van der Waals surface area (Å²) in [6.45, 7) is 5.15. The number of pyridine rings is 1. The van der Waals surface area contributed by atoms with Crippen LogP contribution < -0.4 is 0 Å². The molecule has 1 N–H and O–H groups in total. The maximum absolute atomic E-state index is 9.09. The Bertz CT molecular complexity index is 535. The van der Waals surface area contributed by atoms with Crippen molar-refractivity contribution in [1.29, 1.82) is 0 Å². The molecule has 0 aliphatic rings. The molecule has 0 saturated heterocycles. The third kappa shape index (κ3) is 3.06. The van der Waals surface area contributed by atoms with Crippen LogP contribution >= 0.6 is 0 Å². The molecule has 2 aromatic rings. The van der Waals surface area contributed by atoms with Crippen molar-refractivity contribution in [3.05, 3.63) is 54.4 Å². The first-order valence-electron chi connectivity index (χ1n) is 6.80. The second kappa shape index (κ2) is 6.16. The molecule has 3 heteroatoms. The van der Waals surface area contributed by atoms with Gasteiger partial charge in [-0.3, -0.25) is 9.88 Å². The van der Waals surface area contributed by atoms with Gasteiger partial charge >= 0.3 is 0 Å². The first-order chi connectivity index (χ1) is 9.55. The highest BCUT2D eigenvalue weighted by atomic mass is 16.3. The van der Waals surface area contributed by atoms with Gasteiger partial charge in [0.25, 0.3) is 0 Å². The van der Waals surface area contributed by atoms with Crippen molar-refractivity contribution in [3.8, 4) is 11.1 Å². The summed E-state index contributed by atoms with van der Waals surface area (Å²) in [5.41, 5.74) is 3.33. The van der Waals surface area contributed by atoms with Crippen molar-refractivity contribution in [2.75, 3.05) is 20.2 Å². The van der Waals surface area contributed by atoms with E-state index in [1.165, 1.54) is 5.56 Å². The molecule has 3 nitrogen and oxygen atoms in total. The van der Waals surface area contributed by atoms with Crippen LogP contribution in [0.2, 0.25) is 0 Å². The highest BCUT2D eigenvalue weighted by Crippen LogP contribution is 2.28. The number of aliphatic hydroxyl groups excluding tert-OH is 1. The van der Waals surface area contributed by atoms with Gasteiger partial charge in [-0.15, -0.1) is 0 Å². The van der Waals surface area contributed by atoms with Gasteiger partial charge in [0.05, 0.1) is 6.61 Å². The average Bonchev–Trinajstić information content (AvgIpc) is 2.48. The average molecular weight is 269 g/mol. The number of nitrogens with zero attached hydrogens (tertiary/aromatic N) is 2. The summed E-state index contributed by atoms with van der Waals surface area (Å²) in [6, 6.07) is 13.4. The predicted molar refractivity (Wildman–Crippen MR) is 81.3 cm³/mol. The Hall–Kier alpha value is -1.71. The summed E-state index contributed by atoms with van der Waals surface area (Å²) < 4.78 is 0. The largest absolute Gasteiger partial charge is 0.395 e. The van der Waals surface area contributed by atoms with Crippen LogP contribution in [-0.4, -0.2) is 35.2 Å². The number of hydrogen-bond acceptors (Lipinski definition) is 3. The van der Waals surface area contributed by atoms with Gasteiger partial charge in [-0.25, -0.2) is 0 Å². The van der Waals surface area contributed by atoms with Gasteiger partial charge in [0, 0.05) is 36.1 Å². The van der Waals surface area contributed by atoms with E-state index in [9.17, 15) is 0 Å². The lowest BCUT2D eigenvalue weighted by atomic mass is 9.91. The van der Waals surface area contributed by atoms with Crippen molar-refractivity contribution in [1.82, 2.24) is 9.88 Å². The fourth-order valence-corrected chi connectivity index (χ4v) is 2.20. The van der Waals surface area contributed by atoms with Crippen LogP contribution in [0.4, 0.5) is 0 Å². The SMILES string of the molecule is CN(CCO)C(C)(C)c1ccc(-c2c[c]cnc2)cc1. The Labute approximate surface area is 120 Å². The van der Waals surface area contributed by atoms with Crippen molar-refractivity contribution in [2.45, 2.75) is 19.4 Å². The molecule has 0 spiro atoms. The van der Waals surface area contributed by atoms with Crippen LogP contribution in [-0.2, 0) is 5.54 Å². The summed E-state index contributed by atoms with van der Waals surface area (Å²) in [7, 11) is 2.03. The first-order valence-corrected chi connectivity index (χ1v) is 6.80. The molecule has 0 aliphatic heterocycles. The fourth-order valence-electron chi connectivity index (χ4n) is 2.20. The van der Waals surface area contributed by atoms with E-state index >= 15 is 0 Å². The molecular formula is C17H21N2O. The van der Waals surface area contributed by atoms with Crippen LogP contribution in [0.3, 0.4) is 0 Å². The van der Waals surface area contributed by atoms with E-state index in [4.69, 9.17) is 5.11 Å². The third-order valence-electron chi connectivity index (χ3n) is 3.92. The molecule has 105 valence electrons. The molecule has 0 amide bonds. The zero-order valence-corrected chi connectivity index (χ0v) is 12.3. The number of aromatic nitrogens is 1. The Kier molecular flexibility index (Phi) is 4.53. The topological polar surface area (TPSA) is 36.4 Å². The second-order valence-electron chi connectivity index (χ2n) is 5.46. The maximum atomic E-state index is 9.09. The fraction of sp³-hybridized carbons (Fsp3) is 0.353. The van der Waals surface area contributed by atoms with Gasteiger partial charge in [-0.2, -0.15) is 0 Å². The van der Waals surface area contributed by atoms with Gasteiger partial charge in [-0.1, -0.05) is 24.3 Å². The van der Waals surface area contributed by atoms with E-state index in [2.05, 4.69) is 54.1 Å². The Morgan fingerprint density at radius 3 is 2.45 bits per heavy atom. The lowest BCUT2D eigenvalue weighted by molar-refractivity contribution is 0.122. The van der Waals surface area contributed by atoms with Gasteiger partial charge in [0.2, 0.25) is 0 Å². The molecule has 0 bridgehead atoms. The molecule has 0 aliphatic carbocycles. The molecule has 0 saturated carbocycles. The van der Waals surface area contributed by atoms with E-state index in [0.29, 0.717) is 6.54 Å². The minimum absolute atomic E-state index is 0.109. The van der Waals surface area contributed by atoms with Crippen molar-refractivity contribution >= 4 is 0 Å². The molecule has 0 unspecified atom stereocenters. The third-order valence-corrected chi connectivity index (χ3v) is 3.92. The number of benzene rings is 1. The highest BCUT2D eigenvalue weighted by molar-refractivity contribution is 5.62. The summed E-state index contributed by atoms with van der Waals surface area (Å²) in [4.78, 5) is 6.25. The normalized spacial score (nSPS) is 11.8. The number of likely N-dealkylation sites (N-methyl/N-ethyl adjacent to an activating group) is 1. The Balaban J connectivity index is 2.24. The zero-order chi connectivity index (χ0) is 14.6. The first kappa shape index (κ1) is 14.7. The quantitative estimate of drug-likeness (QED) is 0.906. The maximum Gasteiger partial charge on any atom is 0.0558 e. The summed E-state index contributed by atoms with van der Waals surface area (Å²) in [5.74, 6) is 0. The van der Waals surface area contributed by atoms with E-state index in [1.54, 1.807) is 6.20 Å². The van der Waals surface area contributed by atoms with Gasteiger partial charge in [0.1, 0.15) is 0 Å². The monoisotopic (exact) mass is 269 g/mol. The van der Waals surface area contributed by atoms with Crippen molar-refractivity contribution in [2.24, 2.45) is 0 Å². The molecule has 1 aromatic carbocycles. The van der Waals surface area contributed by atoms with Crippen molar-refractivity contribution in [3.63, 3.8) is 0 Å². The second-order valence-corrected chi connectivity index (χ2v) is 5.46. The minimum atomic E-state index is -0.109. The van der Waals surface area contributed by atoms with Crippen LogP contribution in [0, 0.1) is 6.07 Å². The highest BCUT2D eigenvalue weighted by Gasteiger charge is 2.25. The standard InChI is InChI=1S/C17H21N2O/c1-17(2,19(3)11-12-20)16-8-6-14(7-9-16)15-5-4-10-18-13-15/h5-10,13,20H,11-12H2,1-3H3. The van der Waals surface area contributed by atoms with Gasteiger partial charge in [0.15, 0.2) is 0 Å². The number of hydrogen-bond donors (Lipinski definition) is 1. The lowest BCUT2D eigenvalue weighted by Gasteiger charge is -2.36. The minimum Gasteiger partial charge on any atom is -0.395 e. The molecule has 0 fully saturated rings. The molecule has 2 rings (SSSR count). The molecule has 1 heterocycles. The smallest absolute Gasteiger partial charge is 0.0558 e. The van der Waals surface area contributed by atoms with Crippen LogP contribution in [0.1, 0.15) is 19.4 Å². The van der Waals surface area contributed by atoms with Crippen molar-refractivity contribution < 1.29 is 5.11 Å². The van der Waals surface area contributed by atoms with E-state index in [1.807, 2.05) is 19.3 Å². The molecule has 20 heavy (non-hydrogen) atoms. The summed E-state index contributed by atoms with van der Waals surface area (Å²) in [5, 5.41) is 9.09. The Morgan fingerprint density at radius 2 is 1.90 bits per heavy atom. The van der Waals surface area contributed by atoms with E-state index in [-0.39, 0.29) is 12.1 Å². The van der Waals surface area contributed by atoms with E-state index in [0.717, 1.165) is 11.1 Å². The Morgan fingerprint density at radius 1 is 1.20 bits per heavy atom. The summed E-state index contributed by atoms with van der Waals surface area (Å²) in [6.07, 6.45) is 3.50. The van der Waals surface area contributed by atoms with E-state index < -0.39 is 0 Å². The number of rotatable bonds is 5. The molecule has 1 radical (unpaired) electrons. The molecule has 0 atom stereocenters. The van der Waals surface area contributed by atoms with Gasteiger partial charge in [-0.05, 0) is 38.1 Å². The molecule has 1 aromatic heterocycles. The lowest BCUT2D eigenvalue weighted by Crippen LogP contribution is -2.40. The van der Waals surface area contributed by atoms with Gasteiger partial charge < -0.3 is 5.11 Å². The summed E-state index contributed by atoms with van der Waals surface area (Å²) >= 11 is 0. The number of aliphatic hydroxyl groups is 1. The van der Waals surface area contributed by atoms with Crippen LogP contribution in [0.5, 0.6) is 0 Å². The van der Waals surface area contributed by atoms with Crippen LogP contribution in [0.25, 0.3) is 11.1 Å². The van der Waals surface area contributed by atoms with Crippen LogP contribution in [0.15, 0.2) is 42.7 Å². The molecular weight excluding hydrogens is 248 g/mol. The zero-order valence-electron chi connectivity index (χ0n) is 12.3.